The number of nitrogens with one attached hydrogen (secondary N) is 1. The van der Waals surface area contributed by atoms with Gasteiger partial charge in [0.1, 0.15) is 5.82 Å². The Balaban J connectivity index is 1.34. The topological polar surface area (TPSA) is 90.5 Å². The fourth-order valence-corrected chi connectivity index (χ4v) is 3.74. The third-order valence-electron chi connectivity index (χ3n) is 4.44. The average molecular weight is 438 g/mol. The number of carbonyl (C=O) groups excluding carboxylic acids is 1. The molecule has 0 saturated carbocycles. The number of tetrazole rings is 1. The van der Waals surface area contributed by atoms with Gasteiger partial charge < -0.3 is 9.88 Å². The molecule has 0 aliphatic carbocycles. The van der Waals surface area contributed by atoms with Crippen LogP contribution in [-0.4, -0.2) is 35.7 Å². The van der Waals surface area contributed by atoms with Crippen LogP contribution in [0.2, 0.25) is 0 Å². The van der Waals surface area contributed by atoms with Crippen LogP contribution in [0.25, 0.3) is 11.4 Å². The van der Waals surface area contributed by atoms with Crippen molar-refractivity contribution in [3.63, 3.8) is 0 Å². The second kappa shape index (κ2) is 9.52. The van der Waals surface area contributed by atoms with Crippen LogP contribution in [0, 0.1) is 5.82 Å². The van der Waals surface area contributed by atoms with Crippen LogP contribution in [-0.2, 0) is 18.4 Å². The molecule has 0 atom stereocenters. The largest absolute Gasteiger partial charge is 0.329 e. The maximum absolute atomic E-state index is 13.8. The first-order chi connectivity index (χ1) is 15.1. The van der Waals surface area contributed by atoms with E-state index in [0.29, 0.717) is 24.5 Å². The van der Waals surface area contributed by atoms with E-state index in [1.54, 1.807) is 12.3 Å². The Morgan fingerprint density at radius 3 is 2.81 bits per heavy atom. The summed E-state index contributed by atoms with van der Waals surface area (Å²) in [5.74, 6) is -0.0869. The molecule has 0 aliphatic rings. The average Bonchev–Trinajstić information content (AvgIpc) is 3.40. The van der Waals surface area contributed by atoms with Gasteiger partial charge in [-0.2, -0.15) is 4.80 Å². The van der Waals surface area contributed by atoms with Crippen LogP contribution < -0.4 is 5.32 Å². The minimum Gasteiger partial charge on any atom is -0.329 e. The van der Waals surface area contributed by atoms with Crippen molar-refractivity contribution in [1.29, 1.82) is 0 Å². The van der Waals surface area contributed by atoms with Gasteiger partial charge in [-0.25, -0.2) is 9.37 Å². The highest BCUT2D eigenvalue weighted by Gasteiger charge is 2.12. The number of hydrogen-bond donors (Lipinski definition) is 1. The number of rotatable bonds is 8. The second-order valence-electron chi connectivity index (χ2n) is 6.79. The van der Waals surface area contributed by atoms with Crippen molar-refractivity contribution < 1.29 is 9.18 Å². The molecular formula is C21H20FN7OS. The number of halogens is 1. The highest BCUT2D eigenvalue weighted by atomic mass is 32.2. The molecule has 1 N–H and O–H groups in total. The van der Waals surface area contributed by atoms with E-state index in [1.165, 1.54) is 28.7 Å². The first-order valence-corrected chi connectivity index (χ1v) is 10.5. The van der Waals surface area contributed by atoms with Gasteiger partial charge in [0, 0.05) is 36.3 Å². The van der Waals surface area contributed by atoms with Crippen LogP contribution in [0.5, 0.6) is 0 Å². The van der Waals surface area contributed by atoms with Gasteiger partial charge >= 0.3 is 0 Å². The Morgan fingerprint density at radius 1 is 1.19 bits per heavy atom. The second-order valence-corrected chi connectivity index (χ2v) is 7.80. The normalized spacial score (nSPS) is 10.9. The smallest absolute Gasteiger partial charge is 0.224 e. The molecule has 4 aromatic rings. The van der Waals surface area contributed by atoms with Gasteiger partial charge in [-0.1, -0.05) is 30.3 Å². The van der Waals surface area contributed by atoms with Crippen LogP contribution in [0.4, 0.5) is 10.1 Å². The molecule has 158 valence electrons. The molecule has 0 fully saturated rings. The Kier molecular flexibility index (Phi) is 6.37. The summed E-state index contributed by atoms with van der Waals surface area (Å²) in [5.41, 5.74) is 1.30. The van der Waals surface area contributed by atoms with E-state index >= 15 is 0 Å². The zero-order chi connectivity index (χ0) is 21.6. The summed E-state index contributed by atoms with van der Waals surface area (Å²) >= 11 is 1.36. The lowest BCUT2D eigenvalue weighted by Gasteiger charge is -2.11. The maximum atomic E-state index is 13.8. The van der Waals surface area contributed by atoms with Crippen molar-refractivity contribution in [3.8, 4) is 11.4 Å². The van der Waals surface area contributed by atoms with E-state index in [2.05, 4.69) is 25.7 Å². The van der Waals surface area contributed by atoms with Crippen LogP contribution in [0.15, 0.2) is 71.0 Å². The fraction of sp³-hybridized carbons (Fsp3) is 0.190. The van der Waals surface area contributed by atoms with Crippen molar-refractivity contribution >= 4 is 23.4 Å². The first kappa shape index (κ1) is 20.7. The van der Waals surface area contributed by atoms with Gasteiger partial charge in [-0.15, -0.1) is 10.2 Å². The minimum atomic E-state index is -0.417. The minimum absolute atomic E-state index is 0.212. The van der Waals surface area contributed by atoms with Crippen molar-refractivity contribution in [1.82, 2.24) is 29.8 Å². The molecular weight excluding hydrogens is 417 g/mol. The van der Waals surface area contributed by atoms with E-state index in [9.17, 15) is 9.18 Å². The molecule has 8 nitrogen and oxygen atoms in total. The molecule has 31 heavy (non-hydrogen) atoms. The molecule has 4 rings (SSSR count). The predicted octanol–water partition coefficient (Wildman–Crippen LogP) is 3.78. The lowest BCUT2D eigenvalue weighted by Crippen LogP contribution is -2.14. The molecule has 0 radical (unpaired) electrons. The first-order valence-electron chi connectivity index (χ1n) is 9.66. The van der Waals surface area contributed by atoms with E-state index in [0.717, 1.165) is 15.6 Å². The van der Waals surface area contributed by atoms with E-state index in [4.69, 9.17) is 0 Å². The van der Waals surface area contributed by atoms with Gasteiger partial charge in [0.05, 0.1) is 12.2 Å². The van der Waals surface area contributed by atoms with Gasteiger partial charge in [0.15, 0.2) is 5.16 Å². The quantitative estimate of drug-likeness (QED) is 0.451. The lowest BCUT2D eigenvalue weighted by atomic mass is 10.2. The Bertz CT molecular complexity index is 1180. The van der Waals surface area contributed by atoms with Crippen molar-refractivity contribution in [2.75, 3.05) is 5.32 Å². The number of aryl methyl sites for hydroxylation is 2. The molecule has 1 amide bonds. The van der Waals surface area contributed by atoms with Gasteiger partial charge in [0.25, 0.3) is 0 Å². The molecule has 10 heteroatoms. The van der Waals surface area contributed by atoms with E-state index in [1.807, 2.05) is 48.1 Å². The Hall–Kier alpha value is -3.53. The monoisotopic (exact) mass is 437 g/mol. The van der Waals surface area contributed by atoms with Gasteiger partial charge in [-0.05, 0) is 41.6 Å². The number of anilines is 1. The Labute approximate surface area is 182 Å². The lowest BCUT2D eigenvalue weighted by molar-refractivity contribution is -0.116. The number of nitrogens with zero attached hydrogens (tertiary/aromatic N) is 6. The van der Waals surface area contributed by atoms with Gasteiger partial charge in [-0.3, -0.25) is 4.79 Å². The van der Waals surface area contributed by atoms with Gasteiger partial charge in [0.2, 0.25) is 11.7 Å². The summed E-state index contributed by atoms with van der Waals surface area (Å²) in [5, 5.41) is 16.0. The number of hydrogen-bond acceptors (Lipinski definition) is 6. The number of benzene rings is 2. The third kappa shape index (κ3) is 5.34. The third-order valence-corrected chi connectivity index (χ3v) is 5.59. The molecule has 2 heterocycles. The van der Waals surface area contributed by atoms with E-state index in [-0.39, 0.29) is 12.3 Å². The van der Waals surface area contributed by atoms with Crippen molar-refractivity contribution in [2.24, 2.45) is 7.05 Å². The number of imidazole rings is 1. The van der Waals surface area contributed by atoms with Crippen LogP contribution >= 0.6 is 11.8 Å². The zero-order valence-electron chi connectivity index (χ0n) is 16.8. The number of amides is 1. The zero-order valence-corrected chi connectivity index (χ0v) is 17.6. The highest BCUT2D eigenvalue weighted by Crippen LogP contribution is 2.33. The SMILES string of the molecule is Cn1ccnc1Sc1ccc(F)cc1NC(=O)CCCn1nnc(-c2ccccc2)n1. The number of aromatic nitrogens is 6. The summed E-state index contributed by atoms with van der Waals surface area (Å²) in [6.45, 7) is 0.450. The summed E-state index contributed by atoms with van der Waals surface area (Å²) < 4.78 is 15.6. The van der Waals surface area contributed by atoms with Crippen LogP contribution in [0.1, 0.15) is 12.8 Å². The molecule has 0 aliphatic heterocycles. The molecule has 2 aromatic carbocycles. The predicted molar refractivity (Wildman–Crippen MR) is 115 cm³/mol. The van der Waals surface area contributed by atoms with Crippen molar-refractivity contribution in [2.45, 2.75) is 29.4 Å². The van der Waals surface area contributed by atoms with Crippen LogP contribution in [0.3, 0.4) is 0 Å². The molecule has 0 spiro atoms. The molecule has 0 bridgehead atoms. The summed E-state index contributed by atoms with van der Waals surface area (Å²) in [6, 6.07) is 13.9. The summed E-state index contributed by atoms with van der Waals surface area (Å²) in [6.07, 6.45) is 4.27. The summed E-state index contributed by atoms with van der Waals surface area (Å²) in [7, 11) is 1.87. The van der Waals surface area contributed by atoms with Crippen molar-refractivity contribution in [3.05, 3.63) is 66.7 Å². The Morgan fingerprint density at radius 2 is 2.03 bits per heavy atom. The standard InChI is InChI=1S/C21H20FN7OS/c1-28-13-11-23-21(28)31-18-10-9-16(22)14-17(18)24-19(30)8-5-12-29-26-20(25-27-29)15-6-3-2-4-7-15/h2-4,6-7,9-11,13-14H,5,8,12H2,1H3,(H,24,30). The molecule has 0 unspecified atom stereocenters. The highest BCUT2D eigenvalue weighted by molar-refractivity contribution is 7.99. The van der Waals surface area contributed by atoms with E-state index < -0.39 is 5.82 Å². The molecule has 2 aromatic heterocycles. The maximum Gasteiger partial charge on any atom is 0.224 e. The number of carbonyl (C=O) groups is 1. The summed E-state index contributed by atoms with van der Waals surface area (Å²) in [4.78, 5) is 18.9. The molecule has 0 saturated heterocycles. The fourth-order valence-electron chi connectivity index (χ4n) is 2.87.